The fourth-order valence-corrected chi connectivity index (χ4v) is 1.52. The van der Waals surface area contributed by atoms with Gasteiger partial charge in [0, 0.05) is 0 Å². The molecule has 0 saturated carbocycles. The molecular formula is C7H8N2O2S2. The smallest absolute Gasteiger partial charge is 0.349 e. The summed E-state index contributed by atoms with van der Waals surface area (Å²) in [4.78, 5) is 15.6. The van der Waals surface area contributed by atoms with Crippen LogP contribution >= 0.6 is 23.6 Å². The van der Waals surface area contributed by atoms with Crippen LogP contribution in [0.25, 0.3) is 0 Å². The van der Waals surface area contributed by atoms with Crippen molar-refractivity contribution in [3.05, 3.63) is 16.1 Å². The van der Waals surface area contributed by atoms with Crippen LogP contribution in [0.15, 0.2) is 6.20 Å². The maximum atomic E-state index is 11.1. The van der Waals surface area contributed by atoms with Crippen molar-refractivity contribution in [2.75, 3.05) is 6.61 Å². The first kappa shape index (κ1) is 10.1. The maximum absolute atomic E-state index is 11.1. The van der Waals surface area contributed by atoms with E-state index < -0.39 is 0 Å². The summed E-state index contributed by atoms with van der Waals surface area (Å²) in [5.41, 5.74) is 5.33. The Morgan fingerprint density at radius 3 is 3.00 bits per heavy atom. The Morgan fingerprint density at radius 1 is 1.85 bits per heavy atom. The van der Waals surface area contributed by atoms with Gasteiger partial charge in [-0.2, -0.15) is 0 Å². The van der Waals surface area contributed by atoms with Crippen molar-refractivity contribution in [3.63, 3.8) is 0 Å². The van der Waals surface area contributed by atoms with Gasteiger partial charge in [-0.3, -0.25) is 0 Å². The van der Waals surface area contributed by atoms with E-state index in [1.54, 1.807) is 6.92 Å². The van der Waals surface area contributed by atoms with Gasteiger partial charge in [-0.1, -0.05) is 12.2 Å². The zero-order valence-corrected chi connectivity index (χ0v) is 8.58. The van der Waals surface area contributed by atoms with E-state index in [-0.39, 0.29) is 11.0 Å². The number of rotatable bonds is 3. The van der Waals surface area contributed by atoms with E-state index in [4.69, 9.17) is 22.7 Å². The molecule has 13 heavy (non-hydrogen) atoms. The van der Waals surface area contributed by atoms with Crippen LogP contribution in [0.2, 0.25) is 0 Å². The maximum Gasteiger partial charge on any atom is 0.349 e. The molecule has 70 valence electrons. The molecule has 0 aliphatic rings. The van der Waals surface area contributed by atoms with Gasteiger partial charge in [-0.05, 0) is 6.92 Å². The molecule has 0 aromatic carbocycles. The minimum atomic E-state index is -0.387. The summed E-state index contributed by atoms with van der Waals surface area (Å²) in [7, 11) is 0. The zero-order chi connectivity index (χ0) is 9.84. The Labute approximate surface area is 84.7 Å². The van der Waals surface area contributed by atoms with Crippen LogP contribution in [0, 0.1) is 0 Å². The van der Waals surface area contributed by atoms with E-state index in [1.807, 2.05) is 0 Å². The van der Waals surface area contributed by atoms with Gasteiger partial charge in [0.15, 0.2) is 5.01 Å². The molecule has 0 aliphatic carbocycles. The molecule has 0 fully saturated rings. The van der Waals surface area contributed by atoms with Gasteiger partial charge in [0.25, 0.3) is 0 Å². The van der Waals surface area contributed by atoms with Crippen molar-refractivity contribution in [2.24, 2.45) is 5.73 Å². The van der Waals surface area contributed by atoms with Crippen LogP contribution in [-0.2, 0) is 4.74 Å². The molecule has 0 atom stereocenters. The summed E-state index contributed by atoms with van der Waals surface area (Å²) in [5.74, 6) is -0.387. The summed E-state index contributed by atoms with van der Waals surface area (Å²) in [6.45, 7) is 2.09. The van der Waals surface area contributed by atoms with Crippen LogP contribution in [0.3, 0.4) is 0 Å². The van der Waals surface area contributed by atoms with E-state index in [0.717, 1.165) is 11.3 Å². The number of esters is 1. The third kappa shape index (κ3) is 2.46. The van der Waals surface area contributed by atoms with Crippen LogP contribution in [0.1, 0.15) is 21.6 Å². The molecule has 1 rings (SSSR count). The number of hydrogen-bond donors (Lipinski definition) is 1. The number of thiocarbonyl (C=S) groups is 1. The molecule has 1 aromatic heterocycles. The van der Waals surface area contributed by atoms with Crippen molar-refractivity contribution in [1.29, 1.82) is 0 Å². The molecule has 1 aromatic rings. The van der Waals surface area contributed by atoms with Crippen LogP contribution in [0.5, 0.6) is 0 Å². The monoisotopic (exact) mass is 216 g/mol. The van der Waals surface area contributed by atoms with Gasteiger partial charge in [0.1, 0.15) is 9.87 Å². The first-order chi connectivity index (χ1) is 6.15. The van der Waals surface area contributed by atoms with Crippen molar-refractivity contribution >= 4 is 34.5 Å². The van der Waals surface area contributed by atoms with Gasteiger partial charge in [0.05, 0.1) is 12.8 Å². The molecule has 0 unspecified atom stereocenters. The first-order valence-electron chi connectivity index (χ1n) is 3.58. The second kappa shape index (κ2) is 4.29. The fourth-order valence-electron chi connectivity index (χ4n) is 0.685. The topological polar surface area (TPSA) is 65.2 Å². The number of ether oxygens (including phenoxy) is 1. The number of carbonyl (C=O) groups is 1. The Hall–Kier alpha value is -1.01. The number of nitrogens with two attached hydrogens (primary N) is 1. The molecule has 0 saturated heterocycles. The van der Waals surface area contributed by atoms with E-state index in [2.05, 4.69) is 4.98 Å². The quantitative estimate of drug-likeness (QED) is 0.602. The van der Waals surface area contributed by atoms with Crippen LogP contribution < -0.4 is 5.73 Å². The predicted octanol–water partition coefficient (Wildman–Crippen LogP) is 0.954. The number of nitrogens with zero attached hydrogens (tertiary/aromatic N) is 1. The van der Waals surface area contributed by atoms with Gasteiger partial charge < -0.3 is 10.5 Å². The molecule has 0 amide bonds. The predicted molar refractivity (Wildman–Crippen MR) is 54.0 cm³/mol. The van der Waals surface area contributed by atoms with E-state index in [9.17, 15) is 4.79 Å². The normalized spacial score (nSPS) is 9.62. The fraction of sp³-hybridized carbons (Fsp3) is 0.286. The van der Waals surface area contributed by atoms with Crippen molar-refractivity contribution in [3.8, 4) is 0 Å². The number of thiazole rings is 1. The highest BCUT2D eigenvalue weighted by atomic mass is 32.1. The largest absolute Gasteiger partial charge is 0.462 e. The first-order valence-corrected chi connectivity index (χ1v) is 4.80. The van der Waals surface area contributed by atoms with Gasteiger partial charge in [-0.15, -0.1) is 11.3 Å². The third-order valence-corrected chi connectivity index (χ3v) is 2.53. The minimum absolute atomic E-state index is 0.195. The lowest BCUT2D eigenvalue weighted by Crippen LogP contribution is -2.08. The molecule has 1 heterocycles. The van der Waals surface area contributed by atoms with Crippen LogP contribution in [-0.4, -0.2) is 22.5 Å². The second-order valence-corrected chi connectivity index (χ2v) is 3.58. The lowest BCUT2D eigenvalue weighted by atomic mass is 10.5. The van der Waals surface area contributed by atoms with Gasteiger partial charge in [0.2, 0.25) is 0 Å². The zero-order valence-electron chi connectivity index (χ0n) is 6.94. The molecule has 0 aliphatic heterocycles. The minimum Gasteiger partial charge on any atom is -0.462 e. The molecule has 6 heteroatoms. The highest BCUT2D eigenvalue weighted by molar-refractivity contribution is 7.81. The lowest BCUT2D eigenvalue weighted by molar-refractivity contribution is 0.0532. The third-order valence-electron chi connectivity index (χ3n) is 1.19. The highest BCUT2D eigenvalue weighted by Crippen LogP contribution is 2.13. The Balaban J connectivity index is 2.79. The van der Waals surface area contributed by atoms with Crippen molar-refractivity contribution in [1.82, 2.24) is 4.98 Å². The van der Waals surface area contributed by atoms with Crippen LogP contribution in [0.4, 0.5) is 0 Å². The summed E-state index contributed by atoms with van der Waals surface area (Å²) < 4.78 is 4.77. The second-order valence-electron chi connectivity index (χ2n) is 2.11. The standard InChI is InChI=1S/C7H8N2O2S2/c1-2-11-7(10)4-3-9-6(13-4)5(8)12/h3H,2H2,1H3,(H2,8,12). The molecule has 0 spiro atoms. The van der Waals surface area contributed by atoms with E-state index >= 15 is 0 Å². The van der Waals surface area contributed by atoms with Crippen molar-refractivity contribution < 1.29 is 9.53 Å². The van der Waals surface area contributed by atoms with E-state index in [1.165, 1.54) is 6.20 Å². The van der Waals surface area contributed by atoms with Gasteiger partial charge in [-0.25, -0.2) is 9.78 Å². The SMILES string of the molecule is CCOC(=O)c1cnc(C(N)=S)s1. The summed E-state index contributed by atoms with van der Waals surface area (Å²) in [6, 6.07) is 0. The molecule has 2 N–H and O–H groups in total. The highest BCUT2D eigenvalue weighted by Gasteiger charge is 2.11. The number of aromatic nitrogens is 1. The van der Waals surface area contributed by atoms with Crippen molar-refractivity contribution in [2.45, 2.75) is 6.92 Å². The lowest BCUT2D eigenvalue weighted by Gasteiger charge is -1.95. The molecule has 0 bridgehead atoms. The molecule has 4 nitrogen and oxygen atoms in total. The summed E-state index contributed by atoms with van der Waals surface area (Å²) >= 11 is 5.84. The summed E-state index contributed by atoms with van der Waals surface area (Å²) in [6.07, 6.45) is 1.41. The Bertz CT molecular complexity index is 335. The number of hydrogen-bond acceptors (Lipinski definition) is 5. The Morgan fingerprint density at radius 2 is 2.54 bits per heavy atom. The molecular weight excluding hydrogens is 208 g/mol. The molecule has 0 radical (unpaired) electrons. The average Bonchev–Trinajstić information content (AvgIpc) is 2.52. The Kier molecular flexibility index (Phi) is 3.32. The van der Waals surface area contributed by atoms with E-state index in [0.29, 0.717) is 16.5 Å². The average molecular weight is 216 g/mol. The van der Waals surface area contributed by atoms with Gasteiger partial charge >= 0.3 is 5.97 Å². The number of carbonyl (C=O) groups excluding carboxylic acids is 1. The summed E-state index contributed by atoms with van der Waals surface area (Å²) in [5, 5.41) is 0.484.